The molecule has 7 aromatic rings. The Morgan fingerprint density at radius 2 is 0.735 bits per heavy atom. The van der Waals surface area contributed by atoms with Gasteiger partial charge in [-0.05, 0) is 56.5 Å². The molecule has 0 aliphatic carbocycles. The minimum Gasteiger partial charge on any atom is -0.384 e. The van der Waals surface area contributed by atoms with Gasteiger partial charge in [-0.15, -0.1) is 0 Å². The summed E-state index contributed by atoms with van der Waals surface area (Å²) >= 11 is 0. The van der Waals surface area contributed by atoms with Crippen molar-refractivity contribution in [2.75, 3.05) is 13.7 Å². The fourth-order valence-electron chi connectivity index (χ4n) is 6.79. The van der Waals surface area contributed by atoms with Crippen LogP contribution >= 0.6 is 0 Å². The first-order chi connectivity index (χ1) is 24.3. The number of hydrogen-bond acceptors (Lipinski definition) is 1. The molecule has 0 saturated heterocycles. The molecular formula is C47H39BO. The summed E-state index contributed by atoms with van der Waals surface area (Å²) < 4.78 is 5.74. The SMILES string of the molecule is COCC/C(=C(\B(c1ccc(-c2ccccc2)cc1)c1ccc(-c2ccccc2)cc1)c1ccc(-c2ccccc2)cc1)c1ccccc1. The molecule has 0 aromatic heterocycles. The predicted octanol–water partition coefficient (Wildman–Crippen LogP) is 10.5. The fourth-order valence-corrected chi connectivity index (χ4v) is 6.79. The van der Waals surface area contributed by atoms with Crippen molar-refractivity contribution in [1.29, 1.82) is 0 Å². The van der Waals surface area contributed by atoms with E-state index in [-0.39, 0.29) is 6.71 Å². The lowest BCUT2D eigenvalue weighted by Crippen LogP contribution is -2.44. The summed E-state index contributed by atoms with van der Waals surface area (Å²) in [5.74, 6) is 0. The number of methoxy groups -OCH3 is 1. The normalized spacial score (nSPS) is 11.5. The zero-order valence-electron chi connectivity index (χ0n) is 27.9. The van der Waals surface area contributed by atoms with Crippen LogP contribution in [0.1, 0.15) is 17.5 Å². The Morgan fingerprint density at radius 1 is 0.388 bits per heavy atom. The summed E-state index contributed by atoms with van der Waals surface area (Å²) in [5, 5.41) is 0. The lowest BCUT2D eigenvalue weighted by atomic mass is 9.34. The third-order valence-corrected chi connectivity index (χ3v) is 9.30. The van der Waals surface area contributed by atoms with Crippen molar-refractivity contribution in [2.24, 2.45) is 0 Å². The van der Waals surface area contributed by atoms with Crippen LogP contribution in [0.2, 0.25) is 0 Å². The van der Waals surface area contributed by atoms with Crippen molar-refractivity contribution in [3.63, 3.8) is 0 Å². The van der Waals surface area contributed by atoms with Gasteiger partial charge in [0.2, 0.25) is 6.71 Å². The maximum Gasteiger partial charge on any atom is 0.242 e. The van der Waals surface area contributed by atoms with E-state index in [1.54, 1.807) is 7.11 Å². The zero-order valence-corrected chi connectivity index (χ0v) is 27.9. The van der Waals surface area contributed by atoms with Gasteiger partial charge < -0.3 is 4.74 Å². The summed E-state index contributed by atoms with van der Waals surface area (Å²) in [4.78, 5) is 0. The standard InChI is InChI=1S/C47H39BO/c1-49-35-34-46(42-20-12-5-13-21-42)47(43-24-22-39(23-25-43)36-14-6-2-7-15-36)48(44-30-26-40(27-31-44)37-16-8-3-9-17-37)45-32-28-41(29-33-45)38-18-10-4-11-19-38/h2-33H,34-35H2,1H3/b47-46+. The first-order valence-corrected chi connectivity index (χ1v) is 17.0. The second-order valence-electron chi connectivity index (χ2n) is 12.4. The first-order valence-electron chi connectivity index (χ1n) is 17.0. The Hall–Kier alpha value is -5.70. The largest absolute Gasteiger partial charge is 0.384 e. The second-order valence-corrected chi connectivity index (χ2v) is 12.4. The van der Waals surface area contributed by atoms with Crippen molar-refractivity contribution in [3.8, 4) is 33.4 Å². The third-order valence-electron chi connectivity index (χ3n) is 9.30. The van der Waals surface area contributed by atoms with E-state index in [4.69, 9.17) is 4.74 Å². The molecule has 1 nitrogen and oxygen atoms in total. The average Bonchev–Trinajstić information content (AvgIpc) is 3.19. The summed E-state index contributed by atoms with van der Waals surface area (Å²) in [5.41, 5.74) is 14.8. The number of ether oxygens (including phenoxy) is 1. The molecule has 0 atom stereocenters. The van der Waals surface area contributed by atoms with E-state index in [1.165, 1.54) is 66.5 Å². The van der Waals surface area contributed by atoms with Gasteiger partial charge >= 0.3 is 0 Å². The first kappa shape index (κ1) is 31.9. The highest BCUT2D eigenvalue weighted by Gasteiger charge is 2.29. The van der Waals surface area contributed by atoms with Crippen LogP contribution in [0, 0.1) is 0 Å². The van der Waals surface area contributed by atoms with Gasteiger partial charge in [0.25, 0.3) is 0 Å². The minimum atomic E-state index is -0.0238. The maximum absolute atomic E-state index is 5.74. The number of rotatable bonds is 11. The van der Waals surface area contributed by atoms with Crippen LogP contribution in [0.15, 0.2) is 194 Å². The molecule has 7 aromatic carbocycles. The molecule has 0 radical (unpaired) electrons. The molecule has 7 rings (SSSR count). The minimum absolute atomic E-state index is 0.0238. The Labute approximate surface area is 291 Å². The van der Waals surface area contributed by atoms with Gasteiger partial charge in [0, 0.05) is 7.11 Å². The van der Waals surface area contributed by atoms with E-state index in [0.717, 1.165) is 6.42 Å². The van der Waals surface area contributed by atoms with Crippen molar-refractivity contribution in [1.82, 2.24) is 0 Å². The number of hydrogen-bond donors (Lipinski definition) is 0. The molecule has 0 heterocycles. The Morgan fingerprint density at radius 3 is 1.12 bits per heavy atom. The van der Waals surface area contributed by atoms with Crippen LogP contribution in [-0.2, 0) is 4.74 Å². The lowest BCUT2D eigenvalue weighted by Gasteiger charge is -2.25. The van der Waals surface area contributed by atoms with Crippen LogP contribution in [0.25, 0.3) is 44.4 Å². The molecule has 0 aliphatic rings. The smallest absolute Gasteiger partial charge is 0.242 e. The molecule has 2 heteroatoms. The molecule has 0 bridgehead atoms. The van der Waals surface area contributed by atoms with Crippen molar-refractivity contribution in [3.05, 3.63) is 205 Å². The summed E-state index contributed by atoms with van der Waals surface area (Å²) in [6.07, 6.45) is 0.789. The molecule has 236 valence electrons. The highest BCUT2D eigenvalue weighted by Crippen LogP contribution is 2.33. The highest BCUT2D eigenvalue weighted by molar-refractivity contribution is 7.00. The zero-order chi connectivity index (χ0) is 33.3. The molecule has 0 fully saturated rings. The highest BCUT2D eigenvalue weighted by atomic mass is 16.5. The lowest BCUT2D eigenvalue weighted by molar-refractivity contribution is 0.206. The van der Waals surface area contributed by atoms with Gasteiger partial charge in [-0.1, -0.05) is 211 Å². The van der Waals surface area contributed by atoms with Gasteiger partial charge in [0.15, 0.2) is 0 Å². The summed E-state index contributed by atoms with van der Waals surface area (Å²) in [7, 11) is 1.79. The van der Waals surface area contributed by atoms with Crippen LogP contribution in [0.3, 0.4) is 0 Å². The number of benzene rings is 7. The van der Waals surface area contributed by atoms with E-state index < -0.39 is 0 Å². The van der Waals surface area contributed by atoms with Gasteiger partial charge in [-0.2, -0.15) is 0 Å². The van der Waals surface area contributed by atoms with Gasteiger partial charge in [0.1, 0.15) is 0 Å². The van der Waals surface area contributed by atoms with Crippen molar-refractivity contribution < 1.29 is 4.74 Å². The van der Waals surface area contributed by atoms with Gasteiger partial charge in [-0.25, -0.2) is 0 Å². The van der Waals surface area contributed by atoms with Crippen molar-refractivity contribution in [2.45, 2.75) is 6.42 Å². The van der Waals surface area contributed by atoms with Crippen LogP contribution in [-0.4, -0.2) is 20.4 Å². The second kappa shape index (κ2) is 15.5. The summed E-state index contributed by atoms with van der Waals surface area (Å²) in [6, 6.07) is 70.1. The van der Waals surface area contributed by atoms with Gasteiger partial charge in [0.05, 0.1) is 6.61 Å². The van der Waals surface area contributed by atoms with Crippen LogP contribution in [0.4, 0.5) is 0 Å². The Kier molecular flexibility index (Phi) is 10.1. The van der Waals surface area contributed by atoms with Crippen molar-refractivity contribution >= 4 is 28.7 Å². The quantitative estimate of drug-likeness (QED) is 0.102. The van der Waals surface area contributed by atoms with Gasteiger partial charge in [-0.3, -0.25) is 0 Å². The Balaban J connectivity index is 1.44. The van der Waals surface area contributed by atoms with Crippen LogP contribution < -0.4 is 10.9 Å². The van der Waals surface area contributed by atoms with E-state index in [1.807, 2.05) is 0 Å². The molecule has 0 saturated carbocycles. The molecule has 0 N–H and O–H groups in total. The third kappa shape index (κ3) is 7.41. The molecule has 0 aliphatic heterocycles. The topological polar surface area (TPSA) is 9.23 Å². The molecule has 0 spiro atoms. The summed E-state index contributed by atoms with van der Waals surface area (Å²) in [6.45, 7) is 0.604. The Bertz CT molecular complexity index is 2000. The predicted molar refractivity (Wildman–Crippen MR) is 210 cm³/mol. The molecular weight excluding hydrogens is 591 g/mol. The molecule has 49 heavy (non-hydrogen) atoms. The molecule has 0 unspecified atom stereocenters. The van der Waals surface area contributed by atoms with E-state index >= 15 is 0 Å². The van der Waals surface area contributed by atoms with E-state index in [2.05, 4.69) is 194 Å². The maximum atomic E-state index is 5.74. The van der Waals surface area contributed by atoms with E-state index in [9.17, 15) is 0 Å². The molecule has 0 amide bonds. The van der Waals surface area contributed by atoms with Crippen LogP contribution in [0.5, 0.6) is 0 Å². The average molecular weight is 631 g/mol. The monoisotopic (exact) mass is 630 g/mol. The fraction of sp³-hybridized carbons (Fsp3) is 0.0638. The van der Waals surface area contributed by atoms with E-state index in [0.29, 0.717) is 6.61 Å².